The minimum Gasteiger partial charge on any atom is -0.351 e. The molecule has 1 saturated carbocycles. The maximum atomic E-state index is 13.8. The number of nitrogens with zero attached hydrogens (tertiary/aromatic N) is 3. The number of amides is 2. The molecule has 7 heteroatoms. The summed E-state index contributed by atoms with van der Waals surface area (Å²) in [7, 11) is 0. The molecule has 1 aliphatic carbocycles. The van der Waals surface area contributed by atoms with Gasteiger partial charge in [0.15, 0.2) is 0 Å². The van der Waals surface area contributed by atoms with Gasteiger partial charge in [-0.3, -0.25) is 9.59 Å². The van der Waals surface area contributed by atoms with Crippen LogP contribution in [0.1, 0.15) is 74.7 Å². The Balaban J connectivity index is 1.44. The first-order valence-electron chi connectivity index (χ1n) is 12.9. The van der Waals surface area contributed by atoms with Crippen LogP contribution in [0.2, 0.25) is 0 Å². The lowest BCUT2D eigenvalue weighted by molar-refractivity contribution is -0.134. The molecule has 2 aliphatic heterocycles. The number of nitrogens with one attached hydrogen (secondary N) is 1. The lowest BCUT2D eigenvalue weighted by atomic mass is 9.86. The predicted molar refractivity (Wildman–Crippen MR) is 134 cm³/mol. The number of rotatable bonds is 6. The summed E-state index contributed by atoms with van der Waals surface area (Å²) in [6.45, 7) is 10.6. The van der Waals surface area contributed by atoms with Crippen LogP contribution in [0.15, 0.2) is 12.1 Å². The van der Waals surface area contributed by atoms with Crippen LogP contribution in [0.25, 0.3) is 10.2 Å². The fourth-order valence-electron chi connectivity index (χ4n) is 5.91. The van der Waals surface area contributed by atoms with Crippen molar-refractivity contribution in [1.29, 1.82) is 0 Å². The largest absolute Gasteiger partial charge is 0.351 e. The molecule has 2 aromatic rings. The Labute approximate surface area is 201 Å². The fraction of sp³-hybridized carbons (Fsp3) is 0.692. The number of hydrogen-bond acceptors (Lipinski definition) is 4. The normalized spacial score (nSPS) is 28.5. The third kappa shape index (κ3) is 4.23. The average Bonchev–Trinajstić information content (AvgIpc) is 3.52. The first-order valence-corrected chi connectivity index (χ1v) is 13.7. The molecular weight excluding hydrogens is 432 g/mol. The molecule has 5 rings (SSSR count). The molecule has 2 aromatic heterocycles. The highest BCUT2D eigenvalue weighted by Gasteiger charge is 2.48. The SMILES string of the molecule is CCc1cc2c(cc3n2C[C@@](C)(C(=O)NC2CCC(C)CC2)N(CCN2CCCC2)C3=O)s1. The van der Waals surface area contributed by atoms with Crippen molar-refractivity contribution in [2.45, 2.75) is 83.8 Å². The van der Waals surface area contributed by atoms with Gasteiger partial charge in [0.25, 0.3) is 5.91 Å². The van der Waals surface area contributed by atoms with Crippen LogP contribution in [0.4, 0.5) is 0 Å². The number of fused-ring (bicyclic) bond motifs is 3. The molecule has 0 aromatic carbocycles. The van der Waals surface area contributed by atoms with Crippen molar-refractivity contribution in [3.8, 4) is 0 Å². The lowest BCUT2D eigenvalue weighted by Crippen LogP contribution is -2.65. The molecule has 2 fully saturated rings. The van der Waals surface area contributed by atoms with Crippen LogP contribution < -0.4 is 5.32 Å². The number of carbonyl (C=O) groups excluding carboxylic acids is 2. The molecule has 3 aliphatic rings. The van der Waals surface area contributed by atoms with Crippen molar-refractivity contribution in [2.24, 2.45) is 5.92 Å². The standard InChI is InChI=1S/C26H38N4O2S/c1-4-20-15-21-23(33-20)16-22-24(31)30(14-13-28-11-5-6-12-28)26(3,17-29(21)22)25(32)27-19-9-7-18(2)8-10-19/h15-16,18-19H,4-14,17H2,1-3H3,(H,27,32)/t18?,19?,26-/m0/s1. The van der Waals surface area contributed by atoms with Crippen LogP contribution >= 0.6 is 11.3 Å². The Morgan fingerprint density at radius 2 is 1.88 bits per heavy atom. The zero-order chi connectivity index (χ0) is 23.2. The van der Waals surface area contributed by atoms with Gasteiger partial charge in [-0.1, -0.05) is 13.8 Å². The second kappa shape index (κ2) is 9.06. The molecular formula is C26H38N4O2S. The zero-order valence-electron chi connectivity index (χ0n) is 20.4. The number of thiophene rings is 1. The van der Waals surface area contributed by atoms with Crippen LogP contribution in [-0.2, 0) is 17.8 Å². The van der Waals surface area contributed by atoms with Crippen molar-refractivity contribution < 1.29 is 9.59 Å². The molecule has 2 amide bonds. The summed E-state index contributed by atoms with van der Waals surface area (Å²) in [5, 5.41) is 3.36. The van der Waals surface area contributed by atoms with Crippen LogP contribution in [0.5, 0.6) is 0 Å². The second-order valence-corrected chi connectivity index (χ2v) is 11.8. The Hall–Kier alpha value is -1.86. The highest BCUT2D eigenvalue weighted by atomic mass is 32.1. The summed E-state index contributed by atoms with van der Waals surface area (Å²) >= 11 is 1.76. The molecule has 33 heavy (non-hydrogen) atoms. The van der Waals surface area contributed by atoms with Crippen molar-refractivity contribution in [2.75, 3.05) is 26.2 Å². The monoisotopic (exact) mass is 470 g/mol. The Morgan fingerprint density at radius 1 is 1.15 bits per heavy atom. The van der Waals surface area contributed by atoms with E-state index in [0.717, 1.165) is 73.6 Å². The topological polar surface area (TPSA) is 57.6 Å². The minimum absolute atomic E-state index is 0.00295. The van der Waals surface area contributed by atoms with Gasteiger partial charge in [0.05, 0.1) is 16.8 Å². The molecule has 0 bridgehead atoms. The van der Waals surface area contributed by atoms with E-state index in [1.807, 2.05) is 17.9 Å². The molecule has 1 atom stereocenters. The van der Waals surface area contributed by atoms with Gasteiger partial charge in [0.2, 0.25) is 5.91 Å². The lowest BCUT2D eigenvalue weighted by Gasteiger charge is -2.45. The quantitative estimate of drug-likeness (QED) is 0.686. The maximum absolute atomic E-state index is 13.8. The number of aromatic nitrogens is 1. The molecule has 6 nitrogen and oxygen atoms in total. The van der Waals surface area contributed by atoms with Gasteiger partial charge in [-0.25, -0.2) is 0 Å². The van der Waals surface area contributed by atoms with Crippen molar-refractivity contribution in [3.63, 3.8) is 0 Å². The van der Waals surface area contributed by atoms with Crippen LogP contribution in [0, 0.1) is 5.92 Å². The highest BCUT2D eigenvalue weighted by Crippen LogP contribution is 2.36. The summed E-state index contributed by atoms with van der Waals surface area (Å²) < 4.78 is 3.27. The molecule has 0 unspecified atom stereocenters. The number of carbonyl (C=O) groups is 2. The number of aryl methyl sites for hydroxylation is 1. The van der Waals surface area contributed by atoms with Gasteiger partial charge >= 0.3 is 0 Å². The average molecular weight is 471 g/mol. The summed E-state index contributed by atoms with van der Waals surface area (Å²) in [4.78, 5) is 33.3. The molecule has 4 heterocycles. The van der Waals surface area contributed by atoms with Gasteiger partial charge in [-0.2, -0.15) is 0 Å². The first kappa shape index (κ1) is 22.9. The Morgan fingerprint density at radius 3 is 2.58 bits per heavy atom. The maximum Gasteiger partial charge on any atom is 0.271 e. The van der Waals surface area contributed by atoms with Gasteiger partial charge in [-0.15, -0.1) is 11.3 Å². The second-order valence-electron chi connectivity index (χ2n) is 10.6. The number of likely N-dealkylation sites (tertiary alicyclic amines) is 1. The Kier molecular flexibility index (Phi) is 6.29. The third-order valence-corrected chi connectivity index (χ3v) is 9.41. The minimum atomic E-state index is -0.882. The van der Waals surface area contributed by atoms with Crippen LogP contribution in [0.3, 0.4) is 0 Å². The van der Waals surface area contributed by atoms with Gasteiger partial charge < -0.3 is 19.7 Å². The van der Waals surface area contributed by atoms with E-state index in [1.165, 1.54) is 17.7 Å². The van der Waals surface area contributed by atoms with E-state index in [-0.39, 0.29) is 17.9 Å². The third-order valence-electron chi connectivity index (χ3n) is 8.19. The van der Waals surface area contributed by atoms with E-state index in [1.54, 1.807) is 11.3 Å². The predicted octanol–water partition coefficient (Wildman–Crippen LogP) is 4.27. The Bertz CT molecular complexity index is 1030. The van der Waals surface area contributed by atoms with Gasteiger partial charge in [-0.05, 0) is 83.0 Å². The highest BCUT2D eigenvalue weighted by molar-refractivity contribution is 7.19. The smallest absolute Gasteiger partial charge is 0.271 e. The summed E-state index contributed by atoms with van der Waals surface area (Å²) in [6, 6.07) is 4.47. The van der Waals surface area contributed by atoms with Crippen molar-refractivity contribution >= 4 is 33.4 Å². The molecule has 1 N–H and O–H groups in total. The fourth-order valence-corrected chi connectivity index (χ4v) is 6.95. The summed E-state index contributed by atoms with van der Waals surface area (Å²) in [5.41, 5.74) is 0.953. The molecule has 0 radical (unpaired) electrons. The number of hydrogen-bond donors (Lipinski definition) is 1. The molecule has 180 valence electrons. The van der Waals surface area contributed by atoms with E-state index in [9.17, 15) is 9.59 Å². The summed E-state index contributed by atoms with van der Waals surface area (Å²) in [5.74, 6) is 0.746. The van der Waals surface area contributed by atoms with E-state index >= 15 is 0 Å². The van der Waals surface area contributed by atoms with Crippen LogP contribution in [-0.4, -0.2) is 63.9 Å². The zero-order valence-corrected chi connectivity index (χ0v) is 21.2. The van der Waals surface area contributed by atoms with E-state index in [4.69, 9.17) is 0 Å². The molecule has 0 spiro atoms. The van der Waals surface area contributed by atoms with Gasteiger partial charge in [0.1, 0.15) is 11.2 Å². The van der Waals surface area contributed by atoms with Crippen molar-refractivity contribution in [1.82, 2.24) is 19.7 Å². The summed E-state index contributed by atoms with van der Waals surface area (Å²) in [6.07, 6.45) is 7.84. The molecule has 1 saturated heterocycles. The first-order chi connectivity index (χ1) is 15.9. The van der Waals surface area contributed by atoms with Crippen molar-refractivity contribution in [3.05, 3.63) is 22.7 Å². The van der Waals surface area contributed by atoms with E-state index in [0.29, 0.717) is 13.1 Å². The van der Waals surface area contributed by atoms with Gasteiger partial charge in [0, 0.05) is 24.0 Å². The van der Waals surface area contributed by atoms with E-state index < -0.39 is 5.54 Å². The van der Waals surface area contributed by atoms with E-state index in [2.05, 4.69) is 34.7 Å².